The van der Waals surface area contributed by atoms with Crippen LogP contribution in [0, 0.1) is 13.8 Å². The quantitative estimate of drug-likeness (QED) is 0.660. The van der Waals surface area contributed by atoms with E-state index in [1.807, 2.05) is 0 Å². The average Bonchev–Trinajstić information content (AvgIpc) is 2.76. The van der Waals surface area contributed by atoms with Gasteiger partial charge in [0, 0.05) is 24.8 Å². The second-order valence-electron chi connectivity index (χ2n) is 5.34. The molecule has 1 aromatic carbocycles. The third-order valence-electron chi connectivity index (χ3n) is 3.58. The van der Waals surface area contributed by atoms with Crippen LogP contribution in [0.25, 0.3) is 0 Å². The van der Waals surface area contributed by atoms with Gasteiger partial charge in [0.15, 0.2) is 0 Å². The van der Waals surface area contributed by atoms with Gasteiger partial charge in [0.1, 0.15) is 5.75 Å². The van der Waals surface area contributed by atoms with Crippen molar-refractivity contribution in [2.75, 3.05) is 0 Å². The zero-order valence-corrected chi connectivity index (χ0v) is 13.8. The summed E-state index contributed by atoms with van der Waals surface area (Å²) in [7, 11) is 1.64. The minimum atomic E-state index is -4.85. The third kappa shape index (κ3) is 4.37. The van der Waals surface area contributed by atoms with Crippen molar-refractivity contribution in [3.05, 3.63) is 46.8 Å². The van der Waals surface area contributed by atoms with Crippen LogP contribution in [-0.4, -0.2) is 27.8 Å². The highest BCUT2D eigenvalue weighted by atomic mass is 19.4. The summed E-state index contributed by atoms with van der Waals surface area (Å²) in [6, 6.07) is 5.38. The summed E-state index contributed by atoms with van der Waals surface area (Å²) in [6.45, 7) is 2.96. The molecule has 0 atom stereocenters. The molecule has 0 aliphatic carbocycles. The van der Waals surface area contributed by atoms with Crippen molar-refractivity contribution in [3.63, 3.8) is 0 Å². The Hall–Kier alpha value is -2.84. The van der Waals surface area contributed by atoms with Gasteiger partial charge in [-0.25, -0.2) is 0 Å². The van der Waals surface area contributed by atoms with Crippen LogP contribution in [0.1, 0.15) is 27.3 Å². The minimum Gasteiger partial charge on any atom is -0.405 e. The molecule has 0 saturated carbocycles. The molecule has 0 aliphatic heterocycles. The molecule has 0 unspecified atom stereocenters. The Morgan fingerprint density at radius 2 is 1.88 bits per heavy atom. The van der Waals surface area contributed by atoms with Crippen molar-refractivity contribution in [2.45, 2.75) is 26.8 Å². The molecule has 6 nitrogen and oxygen atoms in total. The maximum atomic E-state index is 12.4. The minimum absolute atomic E-state index is 0.0978. The van der Waals surface area contributed by atoms with Crippen LogP contribution in [0.5, 0.6) is 5.75 Å². The molecule has 0 fully saturated rings. The molecule has 134 valence electrons. The zero-order valence-electron chi connectivity index (χ0n) is 13.8. The predicted molar refractivity (Wildman–Crippen MR) is 82.0 cm³/mol. The number of carbonyl (C=O) groups excluding carboxylic acids is 2. The number of nitrogens with one attached hydrogen (secondary N) is 1. The third-order valence-corrected chi connectivity index (χ3v) is 3.58. The predicted octanol–water partition coefficient (Wildman–Crippen LogP) is 2.43. The number of aryl methyl sites for hydroxylation is 2. The molecule has 0 aliphatic rings. The fourth-order valence-corrected chi connectivity index (χ4v) is 2.35. The Morgan fingerprint density at radius 1 is 1.24 bits per heavy atom. The van der Waals surface area contributed by atoms with E-state index in [0.717, 1.165) is 6.07 Å². The van der Waals surface area contributed by atoms with Gasteiger partial charge >= 0.3 is 6.36 Å². The van der Waals surface area contributed by atoms with Gasteiger partial charge in [-0.05, 0) is 19.9 Å². The lowest BCUT2D eigenvalue weighted by Crippen LogP contribution is -2.31. The van der Waals surface area contributed by atoms with Crippen LogP contribution in [0.15, 0.2) is 24.3 Å². The van der Waals surface area contributed by atoms with E-state index in [9.17, 15) is 22.8 Å². The Bertz CT molecular complexity index is 813. The van der Waals surface area contributed by atoms with Crippen molar-refractivity contribution in [2.24, 2.45) is 7.05 Å². The standard InChI is InChI=1S/C16H16F3N3O3/c1-9-13(10(2)22(3)21-9)14(23)15(24)20-8-11-6-4-5-7-12(11)25-16(17,18)19/h4-7H,8H2,1-3H3,(H,20,24). The highest BCUT2D eigenvalue weighted by Crippen LogP contribution is 2.26. The van der Waals surface area contributed by atoms with Crippen LogP contribution in [0.2, 0.25) is 0 Å². The molecule has 1 N–H and O–H groups in total. The highest BCUT2D eigenvalue weighted by molar-refractivity contribution is 6.43. The number of alkyl halides is 3. The van der Waals surface area contributed by atoms with E-state index in [-0.39, 0.29) is 17.7 Å². The Morgan fingerprint density at radius 3 is 2.44 bits per heavy atom. The van der Waals surface area contributed by atoms with Crippen LogP contribution in [0.4, 0.5) is 13.2 Å². The topological polar surface area (TPSA) is 73.2 Å². The van der Waals surface area contributed by atoms with Gasteiger partial charge in [-0.3, -0.25) is 14.3 Å². The van der Waals surface area contributed by atoms with Gasteiger partial charge < -0.3 is 10.1 Å². The molecule has 1 heterocycles. The molecule has 2 aromatic rings. The largest absolute Gasteiger partial charge is 0.573 e. The summed E-state index contributed by atoms with van der Waals surface area (Å²) in [4.78, 5) is 24.3. The summed E-state index contributed by atoms with van der Waals surface area (Å²) in [5, 5.41) is 6.37. The molecule has 25 heavy (non-hydrogen) atoms. The number of hydrogen-bond donors (Lipinski definition) is 1. The number of nitrogens with zero attached hydrogens (tertiary/aromatic N) is 2. The maximum Gasteiger partial charge on any atom is 0.573 e. The number of Topliss-reactive ketones (excluding diaryl/α,β-unsaturated/α-hetero) is 1. The number of para-hydroxylation sites is 1. The number of ether oxygens (including phenoxy) is 1. The van der Waals surface area contributed by atoms with Crippen LogP contribution >= 0.6 is 0 Å². The Kier molecular flexibility index (Phi) is 5.15. The van der Waals surface area contributed by atoms with Crippen molar-refractivity contribution in [1.82, 2.24) is 15.1 Å². The van der Waals surface area contributed by atoms with E-state index in [4.69, 9.17) is 0 Å². The van der Waals surface area contributed by atoms with E-state index >= 15 is 0 Å². The molecule has 0 bridgehead atoms. The zero-order chi connectivity index (χ0) is 18.8. The van der Waals surface area contributed by atoms with E-state index < -0.39 is 23.8 Å². The number of amides is 1. The lowest BCUT2D eigenvalue weighted by Gasteiger charge is -2.13. The molecular weight excluding hydrogens is 339 g/mol. The molecule has 9 heteroatoms. The molecule has 0 radical (unpaired) electrons. The normalized spacial score (nSPS) is 11.3. The van der Waals surface area contributed by atoms with Crippen LogP contribution in [0.3, 0.4) is 0 Å². The number of carbonyl (C=O) groups is 2. The molecule has 0 saturated heterocycles. The number of hydrogen-bond acceptors (Lipinski definition) is 4. The van der Waals surface area contributed by atoms with E-state index in [1.165, 1.54) is 22.9 Å². The number of ketones is 1. The fourth-order valence-electron chi connectivity index (χ4n) is 2.35. The van der Waals surface area contributed by atoms with Crippen molar-refractivity contribution >= 4 is 11.7 Å². The smallest absolute Gasteiger partial charge is 0.405 e. The lowest BCUT2D eigenvalue weighted by atomic mass is 10.1. The number of rotatable bonds is 5. The van der Waals surface area contributed by atoms with Gasteiger partial charge in [0.05, 0.1) is 11.3 Å². The summed E-state index contributed by atoms with van der Waals surface area (Å²) in [5.74, 6) is -2.16. The maximum absolute atomic E-state index is 12.4. The van der Waals surface area contributed by atoms with Gasteiger partial charge in [0.2, 0.25) is 0 Å². The molecular formula is C16H16F3N3O3. The fraction of sp³-hybridized carbons (Fsp3) is 0.312. The number of halogens is 3. The SMILES string of the molecule is Cc1nn(C)c(C)c1C(=O)C(=O)NCc1ccccc1OC(F)(F)F. The summed E-state index contributed by atoms with van der Waals surface area (Å²) >= 11 is 0. The summed E-state index contributed by atoms with van der Waals surface area (Å²) in [5.41, 5.74) is 1.21. The summed E-state index contributed by atoms with van der Waals surface area (Å²) in [6.07, 6.45) is -4.85. The van der Waals surface area contributed by atoms with Crippen LogP contribution in [-0.2, 0) is 18.4 Å². The highest BCUT2D eigenvalue weighted by Gasteiger charge is 2.32. The van der Waals surface area contributed by atoms with Crippen molar-refractivity contribution in [3.8, 4) is 5.75 Å². The monoisotopic (exact) mass is 355 g/mol. The average molecular weight is 355 g/mol. The summed E-state index contributed by atoms with van der Waals surface area (Å²) < 4.78 is 42.5. The van der Waals surface area contributed by atoms with E-state index in [0.29, 0.717) is 11.4 Å². The molecule has 2 rings (SSSR count). The molecule has 1 aromatic heterocycles. The van der Waals surface area contributed by atoms with Crippen molar-refractivity contribution < 1.29 is 27.5 Å². The number of aromatic nitrogens is 2. The second-order valence-corrected chi connectivity index (χ2v) is 5.34. The van der Waals surface area contributed by atoms with Gasteiger partial charge in [0.25, 0.3) is 11.7 Å². The van der Waals surface area contributed by atoms with Crippen molar-refractivity contribution in [1.29, 1.82) is 0 Å². The lowest BCUT2D eigenvalue weighted by molar-refractivity contribution is -0.274. The second kappa shape index (κ2) is 6.96. The van der Waals surface area contributed by atoms with Gasteiger partial charge in [-0.15, -0.1) is 13.2 Å². The van der Waals surface area contributed by atoms with Gasteiger partial charge in [-0.2, -0.15) is 5.10 Å². The molecule has 0 spiro atoms. The first-order valence-corrected chi connectivity index (χ1v) is 7.26. The first-order chi connectivity index (χ1) is 11.6. The van der Waals surface area contributed by atoms with E-state index in [1.54, 1.807) is 20.9 Å². The number of benzene rings is 1. The first-order valence-electron chi connectivity index (χ1n) is 7.26. The molecule has 1 amide bonds. The first kappa shape index (κ1) is 18.5. The Balaban J connectivity index is 2.11. The van der Waals surface area contributed by atoms with Crippen LogP contribution < -0.4 is 10.1 Å². The van der Waals surface area contributed by atoms with Gasteiger partial charge in [-0.1, -0.05) is 18.2 Å². The Labute approximate surface area is 141 Å². The van der Waals surface area contributed by atoms with E-state index in [2.05, 4.69) is 15.2 Å².